The molecule has 1 saturated carbocycles. The molecule has 1 aliphatic carbocycles. The Morgan fingerprint density at radius 2 is 1.33 bits per heavy atom. The predicted octanol–water partition coefficient (Wildman–Crippen LogP) is 3.70. The van der Waals surface area contributed by atoms with Gasteiger partial charge >= 0.3 is 5.97 Å². The van der Waals surface area contributed by atoms with Gasteiger partial charge in [-0.05, 0) is 37.1 Å². The highest BCUT2D eigenvalue weighted by Crippen LogP contribution is 2.54. The number of rotatable bonds is 2. The molecule has 2 aromatic rings. The summed E-state index contributed by atoms with van der Waals surface area (Å²) >= 11 is 0. The van der Waals surface area contributed by atoms with Crippen LogP contribution in [0.25, 0.3) is 0 Å². The maximum Gasteiger partial charge on any atom is 0.310 e. The molecular formula is C20H20O4. The summed E-state index contributed by atoms with van der Waals surface area (Å²) < 4.78 is 6.05. The molecule has 4 rings (SSSR count). The molecule has 2 aliphatic rings. The minimum Gasteiger partial charge on any atom is -0.508 e. The lowest BCUT2D eigenvalue weighted by atomic mass is 9.67. The van der Waals surface area contributed by atoms with E-state index in [0.717, 1.165) is 36.8 Å². The van der Waals surface area contributed by atoms with E-state index in [1.807, 2.05) is 24.3 Å². The topological polar surface area (TPSA) is 66.8 Å². The minimum atomic E-state index is -0.844. The molecule has 2 fully saturated rings. The second-order valence-corrected chi connectivity index (χ2v) is 6.75. The second kappa shape index (κ2) is 5.55. The molecule has 4 heteroatoms. The molecule has 4 nitrogen and oxygen atoms in total. The van der Waals surface area contributed by atoms with E-state index >= 15 is 0 Å². The van der Waals surface area contributed by atoms with E-state index in [1.165, 1.54) is 0 Å². The van der Waals surface area contributed by atoms with Crippen molar-refractivity contribution in [2.45, 2.75) is 31.3 Å². The Hall–Kier alpha value is -2.49. The van der Waals surface area contributed by atoms with Gasteiger partial charge in [0, 0.05) is 17.0 Å². The van der Waals surface area contributed by atoms with E-state index in [0.29, 0.717) is 0 Å². The third-order valence-corrected chi connectivity index (χ3v) is 5.44. The summed E-state index contributed by atoms with van der Waals surface area (Å²) in [6.45, 7) is 0. The monoisotopic (exact) mass is 324 g/mol. The Kier molecular flexibility index (Phi) is 3.48. The fraction of sp³-hybridized carbons (Fsp3) is 0.350. The number of phenolic OH excluding ortho intramolecular Hbond substituents is 2. The molecule has 2 atom stereocenters. The van der Waals surface area contributed by atoms with Gasteiger partial charge in [0.2, 0.25) is 0 Å². The predicted molar refractivity (Wildman–Crippen MR) is 88.5 cm³/mol. The van der Waals surface area contributed by atoms with Gasteiger partial charge in [0.15, 0.2) is 5.60 Å². The van der Waals surface area contributed by atoms with Crippen molar-refractivity contribution in [3.8, 4) is 11.5 Å². The highest BCUT2D eigenvalue weighted by molar-refractivity contribution is 5.78. The van der Waals surface area contributed by atoms with Crippen LogP contribution in [0.2, 0.25) is 0 Å². The van der Waals surface area contributed by atoms with Gasteiger partial charge in [-0.15, -0.1) is 0 Å². The second-order valence-electron chi connectivity index (χ2n) is 6.75. The molecule has 0 bridgehead atoms. The van der Waals surface area contributed by atoms with E-state index in [4.69, 9.17) is 4.74 Å². The third kappa shape index (κ3) is 2.17. The molecular weight excluding hydrogens is 304 g/mol. The lowest BCUT2D eigenvalue weighted by molar-refractivity contribution is -0.149. The number of fused-ring (bicyclic) bond motifs is 1. The van der Waals surface area contributed by atoms with Crippen molar-refractivity contribution in [3.05, 3.63) is 59.7 Å². The highest BCUT2D eigenvalue weighted by Gasteiger charge is 2.57. The summed E-state index contributed by atoms with van der Waals surface area (Å²) in [4.78, 5) is 12.6. The molecule has 2 aromatic carbocycles. The van der Waals surface area contributed by atoms with Crippen LogP contribution in [-0.4, -0.2) is 16.2 Å². The maximum atomic E-state index is 12.6. The normalized spacial score (nSPS) is 25.1. The minimum absolute atomic E-state index is 0.0767. The maximum absolute atomic E-state index is 12.6. The Balaban J connectivity index is 1.91. The third-order valence-electron chi connectivity index (χ3n) is 5.44. The van der Waals surface area contributed by atoms with Crippen LogP contribution in [0.3, 0.4) is 0 Å². The highest BCUT2D eigenvalue weighted by atomic mass is 16.6. The molecule has 124 valence electrons. The van der Waals surface area contributed by atoms with Crippen LogP contribution in [0.1, 0.15) is 36.8 Å². The number of cyclic esters (lactones) is 1. The van der Waals surface area contributed by atoms with Crippen molar-refractivity contribution >= 4 is 5.97 Å². The molecule has 0 amide bonds. The largest absolute Gasteiger partial charge is 0.508 e. The molecule has 2 N–H and O–H groups in total. The first kappa shape index (κ1) is 15.1. The number of esters is 1. The first-order chi connectivity index (χ1) is 11.6. The lowest BCUT2D eigenvalue weighted by Crippen LogP contribution is -2.36. The van der Waals surface area contributed by atoms with Crippen molar-refractivity contribution in [1.29, 1.82) is 0 Å². The summed E-state index contributed by atoms with van der Waals surface area (Å²) in [5, 5.41) is 19.3. The zero-order valence-corrected chi connectivity index (χ0v) is 13.3. The molecule has 1 saturated heterocycles. The Labute approximate surface area is 140 Å². The van der Waals surface area contributed by atoms with Crippen LogP contribution >= 0.6 is 0 Å². The van der Waals surface area contributed by atoms with Crippen LogP contribution < -0.4 is 0 Å². The van der Waals surface area contributed by atoms with Crippen LogP contribution in [0, 0.1) is 11.8 Å². The van der Waals surface area contributed by atoms with Gasteiger partial charge in [0.1, 0.15) is 11.5 Å². The van der Waals surface area contributed by atoms with Crippen LogP contribution in [0.15, 0.2) is 48.5 Å². The van der Waals surface area contributed by atoms with Gasteiger partial charge in [0.05, 0.1) is 5.92 Å². The zero-order valence-electron chi connectivity index (χ0n) is 13.3. The van der Waals surface area contributed by atoms with Crippen LogP contribution in [-0.2, 0) is 15.1 Å². The number of hydrogen-bond acceptors (Lipinski definition) is 4. The van der Waals surface area contributed by atoms with Gasteiger partial charge in [-0.25, -0.2) is 0 Å². The van der Waals surface area contributed by atoms with Crippen LogP contribution in [0.4, 0.5) is 0 Å². The average Bonchev–Trinajstić information content (AvgIpc) is 2.91. The van der Waals surface area contributed by atoms with Gasteiger partial charge in [-0.2, -0.15) is 0 Å². The smallest absolute Gasteiger partial charge is 0.310 e. The van der Waals surface area contributed by atoms with Gasteiger partial charge in [-0.1, -0.05) is 37.1 Å². The number of aromatic hydroxyl groups is 2. The quantitative estimate of drug-likeness (QED) is 0.827. The fourth-order valence-electron chi connectivity index (χ4n) is 4.34. The molecule has 2 unspecified atom stereocenters. The number of hydrogen-bond donors (Lipinski definition) is 2. The van der Waals surface area contributed by atoms with Crippen LogP contribution in [0.5, 0.6) is 11.5 Å². The number of carbonyl (C=O) groups is 1. The first-order valence-corrected chi connectivity index (χ1v) is 8.43. The number of benzene rings is 2. The summed E-state index contributed by atoms with van der Waals surface area (Å²) in [5.41, 5.74) is 0.895. The number of ether oxygens (including phenoxy) is 1. The molecule has 0 spiro atoms. The lowest BCUT2D eigenvalue weighted by Gasteiger charge is -2.37. The molecule has 1 heterocycles. The summed E-state index contributed by atoms with van der Waals surface area (Å²) in [6, 6.07) is 13.8. The van der Waals surface area contributed by atoms with Gasteiger partial charge in [-0.3, -0.25) is 4.79 Å². The SMILES string of the molecule is O=C1OC(c2ccc(O)cc2)(c2ccc(O)cc2)C2CCCCC12. The van der Waals surface area contributed by atoms with Crippen molar-refractivity contribution in [2.24, 2.45) is 11.8 Å². The number of carbonyl (C=O) groups excluding carboxylic acids is 1. The Morgan fingerprint density at radius 3 is 1.88 bits per heavy atom. The van der Waals surface area contributed by atoms with E-state index in [1.54, 1.807) is 24.3 Å². The van der Waals surface area contributed by atoms with E-state index < -0.39 is 5.60 Å². The van der Waals surface area contributed by atoms with Gasteiger partial charge in [0.25, 0.3) is 0 Å². The summed E-state index contributed by atoms with van der Waals surface area (Å²) in [7, 11) is 0. The average molecular weight is 324 g/mol. The summed E-state index contributed by atoms with van der Waals surface area (Å²) in [6.07, 6.45) is 3.92. The zero-order chi connectivity index (χ0) is 16.7. The van der Waals surface area contributed by atoms with Crippen molar-refractivity contribution in [3.63, 3.8) is 0 Å². The number of phenols is 2. The fourth-order valence-corrected chi connectivity index (χ4v) is 4.34. The first-order valence-electron chi connectivity index (χ1n) is 8.43. The van der Waals surface area contributed by atoms with Gasteiger partial charge < -0.3 is 14.9 Å². The molecule has 0 aromatic heterocycles. The molecule has 24 heavy (non-hydrogen) atoms. The Bertz CT molecular complexity index is 703. The Morgan fingerprint density at radius 1 is 0.833 bits per heavy atom. The molecule has 1 aliphatic heterocycles. The molecule has 0 radical (unpaired) electrons. The standard InChI is InChI=1S/C20H20O4/c21-15-9-5-13(6-10-15)20(14-7-11-16(22)12-8-14)18-4-2-1-3-17(18)19(23)24-20/h5-12,17-18,21-22H,1-4H2. The summed E-state index contributed by atoms with van der Waals surface area (Å²) in [5.74, 6) is 0.225. The van der Waals surface area contributed by atoms with E-state index in [2.05, 4.69) is 0 Å². The van der Waals surface area contributed by atoms with Crippen molar-refractivity contribution in [2.75, 3.05) is 0 Å². The van der Waals surface area contributed by atoms with Crippen molar-refractivity contribution < 1.29 is 19.7 Å². The van der Waals surface area contributed by atoms with E-state index in [-0.39, 0.29) is 29.3 Å². The van der Waals surface area contributed by atoms with E-state index in [9.17, 15) is 15.0 Å². The van der Waals surface area contributed by atoms with Crippen molar-refractivity contribution in [1.82, 2.24) is 0 Å².